The predicted octanol–water partition coefficient (Wildman–Crippen LogP) is 5.34. The number of rotatable bonds is 6. The van der Waals surface area contributed by atoms with Gasteiger partial charge in [0.1, 0.15) is 29.0 Å². The number of amides is 4. The van der Waals surface area contributed by atoms with E-state index in [9.17, 15) is 40.8 Å². The lowest BCUT2D eigenvalue weighted by Gasteiger charge is -2.37. The Balaban J connectivity index is 1.07. The van der Waals surface area contributed by atoms with Gasteiger partial charge in [0, 0.05) is 23.8 Å². The Morgan fingerprint density at radius 3 is 2.51 bits per heavy atom. The summed E-state index contributed by atoms with van der Waals surface area (Å²) in [5, 5.41) is 6.00. The number of benzene rings is 1. The molecule has 3 N–H and O–H groups in total. The van der Waals surface area contributed by atoms with Gasteiger partial charge in [-0.15, -0.1) is 0 Å². The van der Waals surface area contributed by atoms with Gasteiger partial charge in [0.15, 0.2) is 11.5 Å². The largest absolute Gasteiger partial charge is 0.483 e. The highest BCUT2D eigenvalue weighted by atomic mass is 32.2. The Bertz CT molecular complexity index is 2350. The lowest BCUT2D eigenvalue weighted by atomic mass is 9.86. The van der Waals surface area contributed by atoms with Crippen molar-refractivity contribution in [2.45, 2.75) is 150 Å². The zero-order valence-corrected chi connectivity index (χ0v) is 35.1. The summed E-state index contributed by atoms with van der Waals surface area (Å²) in [5.74, 6) is -1.08. The standard InChI is InChI=1S/C42H50F3N5O10S/c1-38(2,42(43,44)45)60-37(54)47-27-10-8-6-4-5-7-9-24-19-41(24,36(53)49-61(55,56)39(3)17-18-39)48-34(51)28-20-40(21-50(28)35(27)52)16-15-25-30-26(13-14-29-33(30)58-22-57-29)46-31(23-11-12-23)32(25)59-40/h7,9,13-14,23-24,27-28H,4-6,8,10-12,15-22H2,1-3H3,(H,47,54)(H,48,51)(H,49,53)/b9-7-/t24-,27+,28+,40-,41-/m1/s1. The first kappa shape index (κ1) is 41.5. The molecule has 4 aliphatic heterocycles. The predicted molar refractivity (Wildman–Crippen MR) is 211 cm³/mol. The van der Waals surface area contributed by atoms with Crippen molar-refractivity contribution in [2.75, 3.05) is 13.3 Å². The van der Waals surface area contributed by atoms with Crippen LogP contribution in [0.5, 0.6) is 17.2 Å². The molecule has 5 heterocycles. The first-order chi connectivity index (χ1) is 28.8. The number of alkyl carbamates (subject to hydrolysis) is 1. The number of pyridine rings is 1. The minimum absolute atomic E-state index is 0.0339. The third-order valence-corrected chi connectivity index (χ3v) is 15.8. The van der Waals surface area contributed by atoms with Gasteiger partial charge in [0.2, 0.25) is 34.2 Å². The normalized spacial score (nSPS) is 30.1. The molecule has 0 unspecified atom stereocenters. The molecule has 7 aliphatic rings. The van der Waals surface area contributed by atoms with Crippen LogP contribution in [0.3, 0.4) is 0 Å². The lowest BCUT2D eigenvalue weighted by molar-refractivity contribution is -0.244. The van der Waals surface area contributed by atoms with Crippen LogP contribution >= 0.6 is 0 Å². The maximum absolute atomic E-state index is 14.9. The third kappa shape index (κ3) is 7.41. The third-order valence-electron chi connectivity index (χ3n) is 13.6. The van der Waals surface area contributed by atoms with Gasteiger partial charge in [-0.25, -0.2) is 18.2 Å². The van der Waals surface area contributed by atoms with Gasteiger partial charge < -0.3 is 34.5 Å². The Morgan fingerprint density at radius 2 is 1.79 bits per heavy atom. The van der Waals surface area contributed by atoms with Gasteiger partial charge in [0.25, 0.3) is 5.91 Å². The second-order valence-corrected chi connectivity index (χ2v) is 20.8. The van der Waals surface area contributed by atoms with Crippen LogP contribution in [0.4, 0.5) is 18.0 Å². The highest BCUT2D eigenvalue weighted by molar-refractivity contribution is 7.91. The van der Waals surface area contributed by atoms with Crippen molar-refractivity contribution in [1.82, 2.24) is 25.2 Å². The van der Waals surface area contributed by atoms with Crippen molar-refractivity contribution < 1.29 is 59.7 Å². The van der Waals surface area contributed by atoms with Gasteiger partial charge >= 0.3 is 12.3 Å². The topological polar surface area (TPSA) is 192 Å². The second kappa shape index (κ2) is 14.4. The summed E-state index contributed by atoms with van der Waals surface area (Å²) in [6.45, 7) is 2.86. The molecule has 61 heavy (non-hydrogen) atoms. The molecule has 0 bridgehead atoms. The molecule has 1 saturated heterocycles. The van der Waals surface area contributed by atoms with E-state index in [1.165, 1.54) is 4.90 Å². The molecular weight excluding hydrogens is 824 g/mol. The number of aromatic nitrogens is 1. The quantitative estimate of drug-likeness (QED) is 0.318. The fourth-order valence-electron chi connectivity index (χ4n) is 9.10. The minimum Gasteiger partial charge on any atom is -0.483 e. The monoisotopic (exact) mass is 873 g/mol. The van der Waals surface area contributed by atoms with Gasteiger partial charge in [-0.2, -0.15) is 13.2 Å². The summed E-state index contributed by atoms with van der Waals surface area (Å²) in [6, 6.07) is 1.02. The number of carbonyl (C=O) groups is 4. The van der Waals surface area contributed by atoms with E-state index in [4.69, 9.17) is 23.9 Å². The molecule has 1 spiro atoms. The Hall–Kier alpha value is -4.81. The number of sulfonamides is 1. The summed E-state index contributed by atoms with van der Waals surface area (Å²) in [6.07, 6.45) is 2.94. The molecular formula is C42H50F3N5O10S. The molecule has 9 rings (SSSR count). The number of hydrogen-bond donors (Lipinski definition) is 3. The highest BCUT2D eigenvalue weighted by Crippen LogP contribution is 2.54. The van der Waals surface area contributed by atoms with Crippen LogP contribution < -0.4 is 29.6 Å². The van der Waals surface area contributed by atoms with Crippen LogP contribution in [-0.4, -0.2) is 95.2 Å². The zero-order valence-electron chi connectivity index (χ0n) is 34.2. The SMILES string of the molecule is CC(C)(OC(=O)N[C@H]1CCCCC/C=C\[C@@H]2C[C@@]2(C(=O)NS(=O)(=O)C2(C)CC2)NC(=O)[C@@H]2C[C@]3(CCc4c(c(C5CC5)nc5ccc6c(c45)OCO6)O3)CN2C1=O)C(F)(F)F. The van der Waals surface area contributed by atoms with Crippen molar-refractivity contribution in [2.24, 2.45) is 5.92 Å². The second-order valence-electron chi connectivity index (χ2n) is 18.6. The molecule has 15 nitrogen and oxygen atoms in total. The number of nitrogens with one attached hydrogen (secondary N) is 3. The molecule has 330 valence electrons. The van der Waals surface area contributed by atoms with Gasteiger partial charge in [-0.3, -0.25) is 19.1 Å². The van der Waals surface area contributed by atoms with E-state index in [2.05, 4.69) is 15.4 Å². The van der Waals surface area contributed by atoms with E-state index in [1.807, 2.05) is 18.2 Å². The number of hydrogen-bond acceptors (Lipinski definition) is 11. The number of ether oxygens (including phenoxy) is 4. The number of carbonyl (C=O) groups excluding carboxylic acids is 4. The summed E-state index contributed by atoms with van der Waals surface area (Å²) in [5.41, 5.74) is -3.33. The number of halogens is 3. The molecule has 1 aromatic heterocycles. The van der Waals surface area contributed by atoms with Crippen molar-refractivity contribution in [3.05, 3.63) is 35.5 Å². The fraction of sp³-hybridized carbons (Fsp3) is 0.643. The highest BCUT2D eigenvalue weighted by Gasteiger charge is 2.64. The Labute approximate surface area is 350 Å². The first-order valence-corrected chi connectivity index (χ1v) is 22.6. The van der Waals surface area contributed by atoms with Crippen LogP contribution in [0.25, 0.3) is 10.9 Å². The molecule has 2 aromatic rings. The van der Waals surface area contributed by atoms with Crippen molar-refractivity contribution in [3.8, 4) is 17.2 Å². The molecule has 3 aliphatic carbocycles. The lowest BCUT2D eigenvalue weighted by Crippen LogP contribution is -2.59. The van der Waals surface area contributed by atoms with Crippen molar-refractivity contribution >= 4 is 44.7 Å². The molecule has 4 fully saturated rings. The maximum Gasteiger partial charge on any atom is 0.427 e. The summed E-state index contributed by atoms with van der Waals surface area (Å²) in [4.78, 5) is 63.1. The van der Waals surface area contributed by atoms with E-state index in [0.717, 1.165) is 35.0 Å². The smallest absolute Gasteiger partial charge is 0.427 e. The number of alkyl halides is 3. The van der Waals surface area contributed by atoms with Crippen LogP contribution in [0.1, 0.15) is 115 Å². The van der Waals surface area contributed by atoms with Crippen LogP contribution in [-0.2, 0) is 35.6 Å². The van der Waals surface area contributed by atoms with E-state index >= 15 is 0 Å². The number of nitrogens with zero attached hydrogens (tertiary/aromatic N) is 2. The van der Waals surface area contributed by atoms with E-state index in [1.54, 1.807) is 13.0 Å². The Kier molecular flexibility index (Phi) is 9.79. The molecule has 4 amide bonds. The summed E-state index contributed by atoms with van der Waals surface area (Å²) >= 11 is 0. The first-order valence-electron chi connectivity index (χ1n) is 21.1. The van der Waals surface area contributed by atoms with Crippen LogP contribution in [0.2, 0.25) is 0 Å². The van der Waals surface area contributed by atoms with Crippen molar-refractivity contribution in [1.29, 1.82) is 0 Å². The zero-order chi connectivity index (χ0) is 43.3. The average Bonchev–Trinajstić information content (AvgIpc) is 4.15. The fourth-order valence-corrected chi connectivity index (χ4v) is 10.4. The molecule has 19 heteroatoms. The van der Waals surface area contributed by atoms with Crippen LogP contribution in [0.15, 0.2) is 24.3 Å². The minimum atomic E-state index is -4.90. The Morgan fingerprint density at radius 1 is 1.02 bits per heavy atom. The number of aryl methyl sites for hydroxylation is 1. The van der Waals surface area contributed by atoms with Gasteiger partial charge in [-0.1, -0.05) is 25.0 Å². The van der Waals surface area contributed by atoms with Crippen molar-refractivity contribution in [3.63, 3.8) is 0 Å². The molecule has 1 aromatic carbocycles. The van der Waals surface area contributed by atoms with Gasteiger partial charge in [-0.05, 0) is 97.1 Å². The van der Waals surface area contributed by atoms with Crippen LogP contribution in [0, 0.1) is 5.92 Å². The molecule has 3 saturated carbocycles. The average molecular weight is 874 g/mol. The summed E-state index contributed by atoms with van der Waals surface area (Å²) in [7, 11) is -4.08. The summed E-state index contributed by atoms with van der Waals surface area (Å²) < 4.78 is 92.4. The van der Waals surface area contributed by atoms with Gasteiger partial charge in [0.05, 0.1) is 27.9 Å². The van der Waals surface area contributed by atoms with E-state index in [0.29, 0.717) is 82.5 Å². The number of allylic oxidation sites excluding steroid dienone is 1. The van der Waals surface area contributed by atoms with E-state index in [-0.39, 0.29) is 38.5 Å². The molecule has 0 radical (unpaired) electrons. The maximum atomic E-state index is 14.9. The van der Waals surface area contributed by atoms with E-state index < -0.39 is 79.5 Å². The molecule has 5 atom stereocenters. The number of fused-ring (bicyclic) bond motifs is 7.